The van der Waals surface area contributed by atoms with Crippen molar-refractivity contribution in [3.63, 3.8) is 0 Å². The molecule has 0 radical (unpaired) electrons. The third kappa shape index (κ3) is 4.64. The highest BCUT2D eigenvalue weighted by Crippen LogP contribution is 2.37. The summed E-state index contributed by atoms with van der Waals surface area (Å²) < 4.78 is 13.2. The van der Waals surface area contributed by atoms with E-state index in [9.17, 15) is 9.18 Å². The molecule has 1 spiro atoms. The summed E-state index contributed by atoms with van der Waals surface area (Å²) in [5, 5.41) is 3.49. The summed E-state index contributed by atoms with van der Waals surface area (Å²) in [5.41, 5.74) is 1.53. The predicted molar refractivity (Wildman–Crippen MR) is 107 cm³/mol. The number of rotatable bonds is 3. The lowest BCUT2D eigenvalue weighted by Crippen LogP contribution is -2.53. The minimum Gasteiger partial charge on any atom is -0.341 e. The lowest BCUT2D eigenvalue weighted by Gasteiger charge is -2.43. The molecule has 1 atom stereocenters. The van der Waals surface area contributed by atoms with Crippen LogP contribution in [0.1, 0.15) is 44.1 Å². The molecular weight excluding hydrogens is 365 g/mol. The van der Waals surface area contributed by atoms with Crippen LogP contribution >= 0.6 is 12.4 Å². The maximum absolute atomic E-state index is 13.2. The first kappa shape index (κ1) is 20.6. The van der Waals surface area contributed by atoms with Crippen LogP contribution < -0.4 is 5.32 Å². The molecule has 150 valence electrons. The van der Waals surface area contributed by atoms with E-state index >= 15 is 0 Å². The van der Waals surface area contributed by atoms with Gasteiger partial charge in [0.2, 0.25) is 5.91 Å². The molecule has 3 aliphatic rings. The van der Waals surface area contributed by atoms with Crippen molar-refractivity contribution in [1.29, 1.82) is 0 Å². The van der Waals surface area contributed by atoms with Crippen molar-refractivity contribution in [2.45, 2.75) is 51.1 Å². The van der Waals surface area contributed by atoms with Crippen LogP contribution in [0.2, 0.25) is 0 Å². The van der Waals surface area contributed by atoms with E-state index in [4.69, 9.17) is 0 Å². The van der Waals surface area contributed by atoms with Crippen molar-refractivity contribution in [3.8, 4) is 0 Å². The average molecular weight is 396 g/mol. The molecule has 6 heteroatoms. The Labute approximate surface area is 167 Å². The highest BCUT2D eigenvalue weighted by Gasteiger charge is 2.40. The van der Waals surface area contributed by atoms with E-state index < -0.39 is 0 Å². The van der Waals surface area contributed by atoms with Crippen LogP contribution in [0.15, 0.2) is 24.3 Å². The van der Waals surface area contributed by atoms with Crippen LogP contribution in [0, 0.1) is 11.2 Å². The molecule has 1 amide bonds. The minimum absolute atomic E-state index is 0. The summed E-state index contributed by atoms with van der Waals surface area (Å²) in [5.74, 6) is 0.108. The van der Waals surface area contributed by atoms with Crippen molar-refractivity contribution in [3.05, 3.63) is 35.6 Å². The van der Waals surface area contributed by atoms with Gasteiger partial charge in [-0.3, -0.25) is 9.69 Å². The molecule has 3 heterocycles. The van der Waals surface area contributed by atoms with E-state index in [0.29, 0.717) is 11.3 Å². The monoisotopic (exact) mass is 395 g/mol. The largest absolute Gasteiger partial charge is 0.341 e. The molecule has 27 heavy (non-hydrogen) atoms. The standard InChI is InChI=1S/C21H30FN3O.ClH/c22-18-6-4-17(5-7-18)15-25-12-2-1-3-19(25)20(26)24-13-9-21(10-14-24)8-11-23-16-21;/h4-7,19,23H,1-3,8-16H2;1H. The van der Waals surface area contributed by atoms with Gasteiger partial charge < -0.3 is 10.2 Å². The smallest absolute Gasteiger partial charge is 0.239 e. The topological polar surface area (TPSA) is 35.6 Å². The van der Waals surface area contributed by atoms with Gasteiger partial charge in [0.05, 0.1) is 6.04 Å². The summed E-state index contributed by atoms with van der Waals surface area (Å²) >= 11 is 0. The third-order valence-corrected chi connectivity index (χ3v) is 6.67. The van der Waals surface area contributed by atoms with Crippen molar-refractivity contribution in [1.82, 2.24) is 15.1 Å². The molecule has 1 aromatic rings. The quantitative estimate of drug-likeness (QED) is 0.853. The fraction of sp³-hybridized carbons (Fsp3) is 0.667. The van der Waals surface area contributed by atoms with E-state index in [1.54, 1.807) is 0 Å². The van der Waals surface area contributed by atoms with Gasteiger partial charge in [-0.1, -0.05) is 18.6 Å². The van der Waals surface area contributed by atoms with Crippen molar-refractivity contribution in [2.24, 2.45) is 5.41 Å². The van der Waals surface area contributed by atoms with E-state index in [1.807, 2.05) is 12.1 Å². The van der Waals surface area contributed by atoms with Gasteiger partial charge in [0.1, 0.15) is 5.82 Å². The van der Waals surface area contributed by atoms with Gasteiger partial charge in [0.25, 0.3) is 0 Å². The van der Waals surface area contributed by atoms with Gasteiger partial charge in [-0.15, -0.1) is 12.4 Å². The van der Waals surface area contributed by atoms with Crippen molar-refractivity contribution < 1.29 is 9.18 Å². The second-order valence-electron chi connectivity index (χ2n) is 8.36. The van der Waals surface area contributed by atoms with Gasteiger partial charge in [-0.2, -0.15) is 0 Å². The number of piperidine rings is 2. The van der Waals surface area contributed by atoms with Gasteiger partial charge in [0, 0.05) is 26.2 Å². The number of carbonyl (C=O) groups is 1. The maximum atomic E-state index is 13.2. The molecule has 1 N–H and O–H groups in total. The van der Waals surface area contributed by atoms with Gasteiger partial charge >= 0.3 is 0 Å². The second kappa shape index (κ2) is 8.89. The van der Waals surface area contributed by atoms with Crippen LogP contribution in [0.25, 0.3) is 0 Å². The molecule has 0 saturated carbocycles. The molecule has 0 aliphatic carbocycles. The highest BCUT2D eigenvalue weighted by atomic mass is 35.5. The summed E-state index contributed by atoms with van der Waals surface area (Å²) in [4.78, 5) is 17.6. The number of carbonyl (C=O) groups excluding carboxylic acids is 1. The zero-order valence-electron chi connectivity index (χ0n) is 16.0. The van der Waals surface area contributed by atoms with E-state index in [1.165, 1.54) is 18.6 Å². The van der Waals surface area contributed by atoms with Gasteiger partial charge in [-0.05, 0) is 68.3 Å². The number of nitrogens with one attached hydrogen (secondary N) is 1. The van der Waals surface area contributed by atoms with Crippen molar-refractivity contribution >= 4 is 18.3 Å². The molecule has 3 aliphatic heterocycles. The Balaban J connectivity index is 0.00000210. The number of nitrogens with zero attached hydrogens (tertiary/aromatic N) is 2. The number of halogens is 2. The summed E-state index contributed by atoms with van der Waals surface area (Å²) in [7, 11) is 0. The zero-order valence-corrected chi connectivity index (χ0v) is 16.8. The fourth-order valence-electron chi connectivity index (χ4n) is 4.92. The normalized spacial score (nSPS) is 25.4. The maximum Gasteiger partial charge on any atom is 0.239 e. The molecule has 4 rings (SSSR count). The molecular formula is C21H31ClFN3O. The molecule has 1 unspecified atom stereocenters. The molecule has 3 saturated heterocycles. The minimum atomic E-state index is -0.205. The SMILES string of the molecule is Cl.O=C(C1CCCCN1Cc1ccc(F)cc1)N1CCC2(CCNC2)CC1. The Hall–Kier alpha value is -1.17. The van der Waals surface area contributed by atoms with E-state index in [-0.39, 0.29) is 24.3 Å². The van der Waals surface area contributed by atoms with Gasteiger partial charge in [0.15, 0.2) is 0 Å². The first-order valence-corrected chi connectivity index (χ1v) is 10.1. The first-order valence-electron chi connectivity index (χ1n) is 10.1. The van der Waals surface area contributed by atoms with Crippen molar-refractivity contribution in [2.75, 3.05) is 32.7 Å². The Morgan fingerprint density at radius 3 is 2.52 bits per heavy atom. The number of amides is 1. The Kier molecular flexibility index (Phi) is 6.77. The Morgan fingerprint density at radius 2 is 1.85 bits per heavy atom. The lowest BCUT2D eigenvalue weighted by molar-refractivity contribution is -0.140. The predicted octanol–water partition coefficient (Wildman–Crippen LogP) is 3.20. The third-order valence-electron chi connectivity index (χ3n) is 6.67. The summed E-state index contributed by atoms with van der Waals surface area (Å²) in [6.45, 7) is 5.74. The molecule has 0 bridgehead atoms. The van der Waals surface area contributed by atoms with Crippen LogP contribution in [0.3, 0.4) is 0 Å². The zero-order chi connectivity index (χ0) is 18.0. The fourth-order valence-corrected chi connectivity index (χ4v) is 4.92. The van der Waals surface area contributed by atoms with Crippen LogP contribution in [-0.2, 0) is 11.3 Å². The number of benzene rings is 1. The highest BCUT2D eigenvalue weighted by molar-refractivity contribution is 5.85. The van der Waals surface area contributed by atoms with E-state index in [2.05, 4.69) is 15.1 Å². The Bertz CT molecular complexity index is 623. The van der Waals surface area contributed by atoms with E-state index in [0.717, 1.165) is 76.9 Å². The second-order valence-corrected chi connectivity index (χ2v) is 8.36. The van der Waals surface area contributed by atoms with Crippen LogP contribution in [0.5, 0.6) is 0 Å². The lowest BCUT2D eigenvalue weighted by atomic mass is 9.77. The summed E-state index contributed by atoms with van der Waals surface area (Å²) in [6, 6.07) is 6.68. The number of hydrogen-bond acceptors (Lipinski definition) is 3. The molecule has 3 fully saturated rings. The van der Waals surface area contributed by atoms with Crippen LogP contribution in [-0.4, -0.2) is 54.5 Å². The summed E-state index contributed by atoms with van der Waals surface area (Å²) in [6.07, 6.45) is 6.74. The Morgan fingerprint density at radius 1 is 1.11 bits per heavy atom. The average Bonchev–Trinajstić information content (AvgIpc) is 3.12. The number of likely N-dealkylation sites (tertiary alicyclic amines) is 2. The molecule has 0 aromatic heterocycles. The molecule has 4 nitrogen and oxygen atoms in total. The van der Waals surface area contributed by atoms with Crippen LogP contribution in [0.4, 0.5) is 4.39 Å². The molecule has 1 aromatic carbocycles. The number of hydrogen-bond donors (Lipinski definition) is 1. The first-order chi connectivity index (χ1) is 12.7. The van der Waals surface area contributed by atoms with Gasteiger partial charge in [-0.25, -0.2) is 4.39 Å².